The first-order valence-corrected chi connectivity index (χ1v) is 10.0. The first-order valence-electron chi connectivity index (χ1n) is 8.07. The first-order chi connectivity index (χ1) is 12.3. The highest BCUT2D eigenvalue weighted by Gasteiger charge is 2.15. The van der Waals surface area contributed by atoms with Crippen molar-refractivity contribution in [1.29, 1.82) is 0 Å². The molecule has 0 aliphatic carbocycles. The first kappa shape index (κ1) is 23.5. The molecule has 0 aliphatic rings. The summed E-state index contributed by atoms with van der Waals surface area (Å²) in [5.74, 6) is 1.36. The highest BCUT2D eigenvalue weighted by molar-refractivity contribution is 7.89. The van der Waals surface area contributed by atoms with Crippen molar-refractivity contribution in [2.75, 3.05) is 26.8 Å². The number of hydrogen-bond acceptors (Lipinski definition) is 5. The summed E-state index contributed by atoms with van der Waals surface area (Å²) in [5, 5.41) is 8.03. The molecule has 2 aromatic carbocycles. The van der Waals surface area contributed by atoms with E-state index in [0.29, 0.717) is 42.3 Å². The Morgan fingerprint density at radius 1 is 1.19 bits per heavy atom. The molecule has 27 heavy (non-hydrogen) atoms. The lowest BCUT2D eigenvalue weighted by Crippen LogP contribution is -2.25. The molecule has 3 N–H and O–H groups in total. The van der Waals surface area contributed by atoms with Crippen molar-refractivity contribution in [2.45, 2.75) is 17.2 Å². The zero-order valence-corrected chi connectivity index (χ0v) is 17.5. The summed E-state index contributed by atoms with van der Waals surface area (Å²) in [6, 6.07) is 12.4. The molecule has 1 unspecified atom stereocenters. The Bertz CT molecular complexity index is 847. The fourth-order valence-electron chi connectivity index (χ4n) is 2.44. The fraction of sp³-hybridized carbons (Fsp3) is 0.333. The maximum atomic E-state index is 11.6. The van der Waals surface area contributed by atoms with E-state index in [4.69, 9.17) is 26.2 Å². The fourth-order valence-corrected chi connectivity index (χ4v) is 3.50. The second kappa shape index (κ2) is 10.7. The van der Waals surface area contributed by atoms with Gasteiger partial charge >= 0.3 is 0 Å². The van der Waals surface area contributed by atoms with E-state index in [2.05, 4.69) is 5.32 Å². The van der Waals surface area contributed by atoms with Gasteiger partial charge in [0.05, 0.1) is 17.4 Å². The van der Waals surface area contributed by atoms with E-state index >= 15 is 0 Å². The van der Waals surface area contributed by atoms with Gasteiger partial charge in [-0.2, -0.15) is 0 Å². The Kier molecular flexibility index (Phi) is 9.35. The maximum absolute atomic E-state index is 11.6. The monoisotopic (exact) mass is 434 g/mol. The third-order valence-electron chi connectivity index (χ3n) is 3.81. The normalized spacial score (nSPS) is 12.1. The van der Waals surface area contributed by atoms with Crippen LogP contribution in [0.3, 0.4) is 0 Å². The third kappa shape index (κ3) is 6.86. The van der Waals surface area contributed by atoms with Gasteiger partial charge in [-0.3, -0.25) is 0 Å². The van der Waals surface area contributed by atoms with Gasteiger partial charge in [-0.15, -0.1) is 24.0 Å². The minimum atomic E-state index is -3.77. The van der Waals surface area contributed by atoms with E-state index in [0.717, 1.165) is 0 Å². The van der Waals surface area contributed by atoms with Crippen LogP contribution in [0.1, 0.15) is 16.5 Å². The van der Waals surface area contributed by atoms with E-state index in [1.807, 2.05) is 24.3 Å². The predicted molar refractivity (Wildman–Crippen MR) is 110 cm³/mol. The molecule has 0 amide bonds. The largest absolute Gasteiger partial charge is 0.493 e. The van der Waals surface area contributed by atoms with Crippen LogP contribution >= 0.6 is 24.0 Å². The Morgan fingerprint density at radius 2 is 1.85 bits per heavy atom. The van der Waals surface area contributed by atoms with Gasteiger partial charge in [0.2, 0.25) is 10.0 Å². The minimum Gasteiger partial charge on any atom is -0.493 e. The van der Waals surface area contributed by atoms with Gasteiger partial charge in [0, 0.05) is 13.1 Å². The van der Waals surface area contributed by atoms with Crippen molar-refractivity contribution in [1.82, 2.24) is 5.32 Å². The van der Waals surface area contributed by atoms with E-state index in [1.54, 1.807) is 26.2 Å². The number of sulfonamides is 1. The predicted octanol–water partition coefficient (Wildman–Crippen LogP) is 3.02. The van der Waals surface area contributed by atoms with Gasteiger partial charge < -0.3 is 14.8 Å². The molecule has 0 spiro atoms. The molecule has 2 aromatic rings. The summed E-state index contributed by atoms with van der Waals surface area (Å²) in [5.41, 5.74) is 1.29. The molecular formula is C18H24Cl2N2O4S. The quantitative estimate of drug-likeness (QED) is 0.467. The highest BCUT2D eigenvalue weighted by atomic mass is 35.5. The zero-order valence-electron chi connectivity index (χ0n) is 15.1. The number of benzene rings is 2. The van der Waals surface area contributed by atoms with Crippen molar-refractivity contribution in [2.24, 2.45) is 5.14 Å². The van der Waals surface area contributed by atoms with Crippen LogP contribution in [0, 0.1) is 6.92 Å². The molecule has 6 nitrogen and oxygen atoms in total. The van der Waals surface area contributed by atoms with Gasteiger partial charge in [0.25, 0.3) is 0 Å². The van der Waals surface area contributed by atoms with Crippen molar-refractivity contribution >= 4 is 34.0 Å². The van der Waals surface area contributed by atoms with Gasteiger partial charge in [-0.05, 0) is 36.2 Å². The molecular weight excluding hydrogens is 411 g/mol. The molecule has 9 heteroatoms. The van der Waals surface area contributed by atoms with Gasteiger partial charge in [-0.1, -0.05) is 24.3 Å². The van der Waals surface area contributed by atoms with Gasteiger partial charge in [-0.25, -0.2) is 13.6 Å². The molecule has 0 saturated carbocycles. The molecule has 150 valence electrons. The summed E-state index contributed by atoms with van der Waals surface area (Å²) >= 11 is 6.37. The SMILES string of the molecule is COc1ccccc1OCCNCC(Cl)c1ccc(C)c(S(N)(=O)=O)c1.Cl. The Morgan fingerprint density at radius 3 is 2.48 bits per heavy atom. The number of para-hydroxylation sites is 2. The van der Waals surface area contributed by atoms with Crippen LogP contribution in [0.25, 0.3) is 0 Å². The number of nitrogens with two attached hydrogens (primary N) is 1. The van der Waals surface area contributed by atoms with Crippen LogP contribution in [0.4, 0.5) is 0 Å². The zero-order chi connectivity index (χ0) is 19.2. The highest BCUT2D eigenvalue weighted by Crippen LogP contribution is 2.26. The maximum Gasteiger partial charge on any atom is 0.238 e. The molecule has 2 rings (SSSR count). The number of nitrogens with one attached hydrogen (secondary N) is 1. The number of hydrogen-bond donors (Lipinski definition) is 2. The molecule has 0 aromatic heterocycles. The molecule has 0 heterocycles. The smallest absolute Gasteiger partial charge is 0.238 e. The Hall–Kier alpha value is -1.51. The standard InChI is InChI=1S/C18H23ClN2O4S.ClH/c1-13-7-8-14(11-18(13)26(20,22)23)15(19)12-21-9-10-25-17-6-4-3-5-16(17)24-2;/h3-8,11,15,21H,9-10,12H2,1-2H3,(H2,20,22,23);1H. The van der Waals surface area contributed by atoms with Crippen LogP contribution in [-0.2, 0) is 10.0 Å². The molecule has 0 bridgehead atoms. The van der Waals surface area contributed by atoms with Crippen LogP contribution in [0.15, 0.2) is 47.4 Å². The third-order valence-corrected chi connectivity index (χ3v) is 5.27. The van der Waals surface area contributed by atoms with E-state index < -0.39 is 10.0 Å². The number of aryl methyl sites for hydroxylation is 1. The lowest BCUT2D eigenvalue weighted by Gasteiger charge is -2.14. The summed E-state index contributed by atoms with van der Waals surface area (Å²) in [4.78, 5) is 0.0974. The Balaban J connectivity index is 0.00000364. The number of halogens is 2. The van der Waals surface area contributed by atoms with Crippen molar-refractivity contribution in [3.8, 4) is 11.5 Å². The molecule has 0 fully saturated rings. The molecule has 0 radical (unpaired) electrons. The lowest BCUT2D eigenvalue weighted by atomic mass is 10.1. The van der Waals surface area contributed by atoms with Crippen LogP contribution in [-0.4, -0.2) is 35.2 Å². The van der Waals surface area contributed by atoms with Crippen LogP contribution < -0.4 is 19.9 Å². The van der Waals surface area contributed by atoms with Gasteiger partial charge in [0.15, 0.2) is 11.5 Å². The summed E-state index contributed by atoms with van der Waals surface area (Å²) in [7, 11) is -2.17. The summed E-state index contributed by atoms with van der Waals surface area (Å²) in [6.45, 7) is 3.18. The average Bonchev–Trinajstić information content (AvgIpc) is 2.61. The minimum absolute atomic E-state index is 0. The lowest BCUT2D eigenvalue weighted by molar-refractivity contribution is 0.292. The number of alkyl halides is 1. The molecule has 1 atom stereocenters. The van der Waals surface area contributed by atoms with E-state index in [1.165, 1.54) is 6.07 Å². The molecule has 0 aliphatic heterocycles. The Labute approximate surface area is 171 Å². The number of ether oxygens (including phenoxy) is 2. The van der Waals surface area contributed by atoms with Crippen molar-refractivity contribution in [3.05, 3.63) is 53.6 Å². The average molecular weight is 435 g/mol. The van der Waals surface area contributed by atoms with Crippen LogP contribution in [0.2, 0.25) is 0 Å². The van der Waals surface area contributed by atoms with E-state index in [9.17, 15) is 8.42 Å². The van der Waals surface area contributed by atoms with E-state index in [-0.39, 0.29) is 22.7 Å². The molecule has 0 saturated heterocycles. The second-order valence-corrected chi connectivity index (χ2v) is 7.80. The number of rotatable bonds is 9. The van der Waals surface area contributed by atoms with Gasteiger partial charge in [0.1, 0.15) is 6.61 Å². The summed E-state index contributed by atoms with van der Waals surface area (Å²) in [6.07, 6.45) is 0. The van der Waals surface area contributed by atoms with Crippen molar-refractivity contribution in [3.63, 3.8) is 0 Å². The van der Waals surface area contributed by atoms with Crippen LogP contribution in [0.5, 0.6) is 11.5 Å². The summed E-state index contributed by atoms with van der Waals surface area (Å²) < 4.78 is 34.1. The topological polar surface area (TPSA) is 90.7 Å². The number of methoxy groups -OCH3 is 1. The number of primary sulfonamides is 1. The second-order valence-electron chi connectivity index (χ2n) is 5.74. The van der Waals surface area contributed by atoms with Crippen molar-refractivity contribution < 1.29 is 17.9 Å².